The highest BCUT2D eigenvalue weighted by molar-refractivity contribution is 14.1. The first kappa shape index (κ1) is 10.6. The average molecular weight is 300 g/mol. The van der Waals surface area contributed by atoms with Crippen molar-refractivity contribution in [3.63, 3.8) is 0 Å². The molecule has 0 aliphatic rings. The Balaban J connectivity index is 3.27. The van der Waals surface area contributed by atoms with Gasteiger partial charge in [-0.05, 0) is 22.6 Å². The van der Waals surface area contributed by atoms with Crippen molar-refractivity contribution in [3.05, 3.63) is 21.0 Å². The van der Waals surface area contributed by atoms with E-state index in [4.69, 9.17) is 10.8 Å². The fraction of sp³-hybridized carbons (Fsp3) is 0.286. The third-order valence-electron chi connectivity index (χ3n) is 1.60. The van der Waals surface area contributed by atoms with E-state index >= 15 is 0 Å². The lowest BCUT2D eigenvalue weighted by atomic mass is 10.1. The van der Waals surface area contributed by atoms with Gasteiger partial charge in [0.15, 0.2) is 0 Å². The van der Waals surface area contributed by atoms with Crippen LogP contribution in [0.3, 0.4) is 0 Å². The third-order valence-corrected chi connectivity index (χ3v) is 2.52. The molecule has 0 fully saturated rings. The Morgan fingerprint density at radius 3 is 2.69 bits per heavy atom. The molecular formula is C7H7F2IN2O. The lowest BCUT2D eigenvalue weighted by Gasteiger charge is -2.09. The summed E-state index contributed by atoms with van der Waals surface area (Å²) in [6, 6.07) is 0. The number of pyridine rings is 1. The van der Waals surface area contributed by atoms with E-state index in [1.165, 1.54) is 0 Å². The summed E-state index contributed by atoms with van der Waals surface area (Å²) in [5.41, 5.74) is 5.27. The molecule has 6 heteroatoms. The van der Waals surface area contributed by atoms with Gasteiger partial charge in [-0.15, -0.1) is 0 Å². The second-order valence-electron chi connectivity index (χ2n) is 2.36. The Kier molecular flexibility index (Phi) is 3.37. The molecule has 1 heterocycles. The largest absolute Gasteiger partial charge is 0.398 e. The number of alkyl halides is 2. The van der Waals surface area contributed by atoms with E-state index in [0.717, 1.165) is 6.20 Å². The minimum absolute atomic E-state index is 0.0723. The molecule has 72 valence electrons. The molecule has 0 saturated heterocycles. The number of nitrogen functional groups attached to an aromatic ring is 1. The van der Waals surface area contributed by atoms with Gasteiger partial charge in [-0.3, -0.25) is 0 Å². The normalized spacial score (nSPS) is 10.8. The van der Waals surface area contributed by atoms with Crippen LogP contribution in [0.5, 0.6) is 0 Å². The van der Waals surface area contributed by atoms with Gasteiger partial charge in [0.2, 0.25) is 0 Å². The first-order valence-electron chi connectivity index (χ1n) is 3.39. The van der Waals surface area contributed by atoms with Crippen molar-refractivity contribution in [1.29, 1.82) is 0 Å². The van der Waals surface area contributed by atoms with E-state index in [1.54, 1.807) is 0 Å². The van der Waals surface area contributed by atoms with E-state index in [2.05, 4.69) is 4.98 Å². The predicted molar refractivity (Wildman–Crippen MR) is 52.2 cm³/mol. The van der Waals surface area contributed by atoms with E-state index in [9.17, 15) is 8.78 Å². The van der Waals surface area contributed by atoms with Gasteiger partial charge < -0.3 is 10.8 Å². The van der Waals surface area contributed by atoms with E-state index < -0.39 is 6.43 Å². The average Bonchev–Trinajstić information content (AvgIpc) is 2.04. The molecule has 13 heavy (non-hydrogen) atoms. The Hall–Kier alpha value is -0.500. The summed E-state index contributed by atoms with van der Waals surface area (Å²) in [6.45, 7) is -0.377. The first-order chi connectivity index (χ1) is 6.07. The molecule has 0 amide bonds. The summed E-state index contributed by atoms with van der Waals surface area (Å²) < 4.78 is 25.0. The molecule has 0 spiro atoms. The molecule has 1 aromatic heterocycles. The maximum atomic E-state index is 12.3. The van der Waals surface area contributed by atoms with Crippen molar-refractivity contribution in [3.8, 4) is 0 Å². The van der Waals surface area contributed by atoms with E-state index in [0.29, 0.717) is 3.70 Å². The van der Waals surface area contributed by atoms with Crippen molar-refractivity contribution >= 4 is 28.3 Å². The van der Waals surface area contributed by atoms with Gasteiger partial charge in [-0.1, -0.05) is 0 Å². The number of hydrogen-bond acceptors (Lipinski definition) is 3. The zero-order valence-electron chi connectivity index (χ0n) is 6.47. The van der Waals surface area contributed by atoms with Crippen LogP contribution in [-0.4, -0.2) is 10.1 Å². The Labute approximate surface area is 87.1 Å². The number of aliphatic hydroxyl groups is 1. The van der Waals surface area contributed by atoms with Gasteiger partial charge in [0, 0.05) is 11.8 Å². The molecule has 0 aromatic carbocycles. The van der Waals surface area contributed by atoms with Crippen LogP contribution in [0.15, 0.2) is 6.20 Å². The van der Waals surface area contributed by atoms with Crippen LogP contribution in [0.2, 0.25) is 0 Å². The first-order valence-corrected chi connectivity index (χ1v) is 4.47. The van der Waals surface area contributed by atoms with E-state index in [1.807, 2.05) is 22.6 Å². The number of nitrogens with zero attached hydrogens (tertiary/aromatic N) is 1. The van der Waals surface area contributed by atoms with Crippen LogP contribution in [0.1, 0.15) is 17.6 Å². The standard InChI is InChI=1S/C7H7F2IN2O/c8-6(9)3-1-12-7(10)4(2-13)5(3)11/h1,6,13H,2H2,(H2,11,12). The van der Waals surface area contributed by atoms with Crippen LogP contribution >= 0.6 is 22.6 Å². The maximum absolute atomic E-state index is 12.3. The fourth-order valence-corrected chi connectivity index (χ4v) is 1.48. The molecule has 0 atom stereocenters. The highest BCUT2D eigenvalue weighted by atomic mass is 127. The molecule has 3 nitrogen and oxygen atoms in total. The lowest BCUT2D eigenvalue weighted by molar-refractivity contribution is 0.151. The molecule has 0 saturated carbocycles. The van der Waals surface area contributed by atoms with Crippen molar-refractivity contribution in [2.45, 2.75) is 13.0 Å². The fourth-order valence-electron chi connectivity index (χ4n) is 0.883. The highest BCUT2D eigenvalue weighted by Crippen LogP contribution is 2.28. The molecule has 3 N–H and O–H groups in total. The van der Waals surface area contributed by atoms with E-state index in [-0.39, 0.29) is 23.4 Å². The molecular weight excluding hydrogens is 293 g/mol. The monoisotopic (exact) mass is 300 g/mol. The van der Waals surface area contributed by atoms with Crippen molar-refractivity contribution < 1.29 is 13.9 Å². The van der Waals surface area contributed by atoms with Gasteiger partial charge >= 0.3 is 0 Å². The number of anilines is 1. The number of hydrogen-bond donors (Lipinski definition) is 2. The topological polar surface area (TPSA) is 59.1 Å². The van der Waals surface area contributed by atoms with Crippen LogP contribution in [0.25, 0.3) is 0 Å². The summed E-state index contributed by atoms with van der Waals surface area (Å²) in [5, 5.41) is 8.84. The third kappa shape index (κ3) is 2.05. The number of halogens is 3. The Morgan fingerprint density at radius 1 is 1.62 bits per heavy atom. The molecule has 0 aliphatic heterocycles. The van der Waals surface area contributed by atoms with Crippen molar-refractivity contribution in [1.82, 2.24) is 4.98 Å². The highest BCUT2D eigenvalue weighted by Gasteiger charge is 2.16. The maximum Gasteiger partial charge on any atom is 0.267 e. The van der Waals surface area contributed by atoms with Crippen LogP contribution in [-0.2, 0) is 6.61 Å². The SMILES string of the molecule is Nc1c(C(F)F)cnc(I)c1CO. The minimum Gasteiger partial charge on any atom is -0.398 e. The second kappa shape index (κ2) is 4.14. The van der Waals surface area contributed by atoms with Gasteiger partial charge in [0.05, 0.1) is 17.9 Å². The van der Waals surface area contributed by atoms with Gasteiger partial charge in [0.1, 0.15) is 3.70 Å². The minimum atomic E-state index is -2.66. The van der Waals surface area contributed by atoms with Crippen molar-refractivity contribution in [2.75, 3.05) is 5.73 Å². The summed E-state index contributed by atoms with van der Waals surface area (Å²) in [7, 11) is 0. The zero-order valence-corrected chi connectivity index (χ0v) is 8.62. The smallest absolute Gasteiger partial charge is 0.267 e. The molecule has 0 aliphatic carbocycles. The lowest BCUT2D eigenvalue weighted by Crippen LogP contribution is -2.04. The summed E-state index contributed by atoms with van der Waals surface area (Å²) in [4.78, 5) is 3.70. The number of aliphatic hydroxyl groups excluding tert-OH is 1. The van der Waals surface area contributed by atoms with Gasteiger partial charge in [-0.2, -0.15) is 0 Å². The summed E-state index contributed by atoms with van der Waals surface area (Å²) >= 11 is 1.83. The number of rotatable bonds is 2. The van der Waals surface area contributed by atoms with Crippen LogP contribution < -0.4 is 5.73 Å². The second-order valence-corrected chi connectivity index (χ2v) is 3.38. The van der Waals surface area contributed by atoms with Crippen LogP contribution in [0, 0.1) is 3.70 Å². The molecule has 0 unspecified atom stereocenters. The quantitative estimate of drug-likeness (QED) is 0.645. The number of aromatic nitrogens is 1. The predicted octanol–water partition coefficient (Wildman–Crippen LogP) is 1.70. The summed E-state index contributed by atoms with van der Waals surface area (Å²) in [6.07, 6.45) is -1.63. The van der Waals surface area contributed by atoms with Crippen molar-refractivity contribution in [2.24, 2.45) is 0 Å². The Bertz CT molecular complexity index is 320. The van der Waals surface area contributed by atoms with Gasteiger partial charge in [-0.25, -0.2) is 13.8 Å². The summed E-state index contributed by atoms with van der Waals surface area (Å²) in [5.74, 6) is 0. The molecule has 0 bridgehead atoms. The van der Waals surface area contributed by atoms with Crippen LogP contribution in [0.4, 0.5) is 14.5 Å². The molecule has 1 rings (SSSR count). The molecule has 1 aromatic rings. The number of nitrogens with two attached hydrogens (primary N) is 1. The Morgan fingerprint density at radius 2 is 2.23 bits per heavy atom. The molecule has 0 radical (unpaired) electrons. The zero-order chi connectivity index (χ0) is 10.0. The van der Waals surface area contributed by atoms with Gasteiger partial charge in [0.25, 0.3) is 6.43 Å².